The molecule has 1 aliphatic carbocycles. The molecule has 2 N–H and O–H groups in total. The van der Waals surface area contributed by atoms with Gasteiger partial charge in [0, 0.05) is 12.5 Å². The molecule has 0 aromatic carbocycles. The zero-order valence-electron chi connectivity index (χ0n) is 10.8. The molecule has 1 saturated heterocycles. The Morgan fingerprint density at radius 3 is 2.88 bits per heavy atom. The van der Waals surface area contributed by atoms with Crippen molar-refractivity contribution in [3.8, 4) is 0 Å². The predicted octanol–water partition coefficient (Wildman–Crippen LogP) is 2.56. The summed E-state index contributed by atoms with van der Waals surface area (Å²) in [5.74, 6) is 1.84. The van der Waals surface area contributed by atoms with Crippen molar-refractivity contribution in [2.75, 3.05) is 13.1 Å². The van der Waals surface area contributed by atoms with E-state index in [4.69, 9.17) is 0 Å². The van der Waals surface area contributed by atoms with Crippen molar-refractivity contribution < 1.29 is 5.11 Å². The molecule has 0 spiro atoms. The van der Waals surface area contributed by atoms with E-state index in [-0.39, 0.29) is 5.60 Å². The minimum atomic E-state index is -0.366. The van der Waals surface area contributed by atoms with Crippen molar-refractivity contribution >= 4 is 0 Å². The van der Waals surface area contributed by atoms with Crippen molar-refractivity contribution in [2.24, 2.45) is 17.8 Å². The maximum atomic E-state index is 11.0. The van der Waals surface area contributed by atoms with Crippen LogP contribution < -0.4 is 5.32 Å². The van der Waals surface area contributed by atoms with Crippen LogP contribution in [0.15, 0.2) is 0 Å². The van der Waals surface area contributed by atoms with Crippen LogP contribution in [-0.4, -0.2) is 23.8 Å². The van der Waals surface area contributed by atoms with E-state index in [1.54, 1.807) is 0 Å². The van der Waals surface area contributed by atoms with E-state index in [0.717, 1.165) is 31.8 Å². The molecule has 94 valence electrons. The lowest BCUT2D eigenvalue weighted by Gasteiger charge is -2.47. The molecule has 0 aromatic rings. The Kier molecular flexibility index (Phi) is 3.91. The molecule has 0 amide bonds. The largest absolute Gasteiger partial charge is 0.389 e. The highest BCUT2D eigenvalue weighted by atomic mass is 16.3. The van der Waals surface area contributed by atoms with Gasteiger partial charge in [-0.1, -0.05) is 26.7 Å². The van der Waals surface area contributed by atoms with E-state index in [2.05, 4.69) is 19.2 Å². The fourth-order valence-electron chi connectivity index (χ4n) is 3.87. The third-order valence-corrected chi connectivity index (χ3v) is 4.94. The summed E-state index contributed by atoms with van der Waals surface area (Å²) in [5, 5.41) is 14.5. The highest BCUT2D eigenvalue weighted by Crippen LogP contribution is 2.43. The predicted molar refractivity (Wildman–Crippen MR) is 67.3 cm³/mol. The molecule has 2 rings (SSSR count). The van der Waals surface area contributed by atoms with Crippen molar-refractivity contribution in [3.05, 3.63) is 0 Å². The number of hydrogen-bond acceptors (Lipinski definition) is 2. The number of rotatable bonds is 2. The van der Waals surface area contributed by atoms with Gasteiger partial charge in [-0.25, -0.2) is 0 Å². The second kappa shape index (κ2) is 5.05. The zero-order valence-corrected chi connectivity index (χ0v) is 10.8. The average Bonchev–Trinajstić information content (AvgIpc) is 2.30. The van der Waals surface area contributed by atoms with Crippen LogP contribution in [-0.2, 0) is 0 Å². The summed E-state index contributed by atoms with van der Waals surface area (Å²) >= 11 is 0. The van der Waals surface area contributed by atoms with Crippen LogP contribution in [0.4, 0.5) is 0 Å². The van der Waals surface area contributed by atoms with Gasteiger partial charge in [0.15, 0.2) is 0 Å². The highest BCUT2D eigenvalue weighted by molar-refractivity contribution is 4.97. The molecule has 2 heteroatoms. The first-order valence-corrected chi connectivity index (χ1v) is 7.10. The molecule has 2 fully saturated rings. The molecule has 2 aliphatic rings. The van der Waals surface area contributed by atoms with E-state index in [0.29, 0.717) is 11.8 Å². The molecular weight excluding hydrogens is 198 g/mol. The van der Waals surface area contributed by atoms with Crippen LogP contribution in [0.25, 0.3) is 0 Å². The van der Waals surface area contributed by atoms with E-state index in [1.807, 2.05) is 0 Å². The van der Waals surface area contributed by atoms with Crippen molar-refractivity contribution in [2.45, 2.75) is 58.0 Å². The SMILES string of the molecule is CCC1CNCCC1(O)C1CCCC(C)C1. The van der Waals surface area contributed by atoms with E-state index in [9.17, 15) is 5.11 Å². The highest BCUT2D eigenvalue weighted by Gasteiger charge is 2.45. The second-order valence-corrected chi connectivity index (χ2v) is 6.02. The molecule has 4 atom stereocenters. The first-order chi connectivity index (χ1) is 7.66. The lowest BCUT2D eigenvalue weighted by molar-refractivity contribution is -0.104. The molecule has 1 aliphatic heterocycles. The topological polar surface area (TPSA) is 32.3 Å². The second-order valence-electron chi connectivity index (χ2n) is 6.02. The van der Waals surface area contributed by atoms with Crippen LogP contribution in [0.3, 0.4) is 0 Å². The summed E-state index contributed by atoms with van der Waals surface area (Å²) in [6, 6.07) is 0. The van der Waals surface area contributed by atoms with Gasteiger partial charge in [-0.05, 0) is 44.1 Å². The molecule has 0 bridgehead atoms. The molecule has 16 heavy (non-hydrogen) atoms. The first-order valence-electron chi connectivity index (χ1n) is 7.10. The van der Waals surface area contributed by atoms with Gasteiger partial charge >= 0.3 is 0 Å². The van der Waals surface area contributed by atoms with E-state index >= 15 is 0 Å². The number of nitrogens with one attached hydrogen (secondary N) is 1. The van der Waals surface area contributed by atoms with Gasteiger partial charge in [-0.15, -0.1) is 0 Å². The smallest absolute Gasteiger partial charge is 0.0728 e. The maximum Gasteiger partial charge on any atom is 0.0728 e. The van der Waals surface area contributed by atoms with Gasteiger partial charge in [0.05, 0.1) is 5.60 Å². The van der Waals surface area contributed by atoms with Crippen LogP contribution >= 0.6 is 0 Å². The Labute approximate surface area is 99.8 Å². The number of piperidine rings is 1. The lowest BCUT2D eigenvalue weighted by atomic mass is 9.65. The van der Waals surface area contributed by atoms with Gasteiger partial charge < -0.3 is 10.4 Å². The third-order valence-electron chi connectivity index (χ3n) is 4.94. The summed E-state index contributed by atoms with van der Waals surface area (Å²) in [5.41, 5.74) is -0.366. The van der Waals surface area contributed by atoms with Crippen molar-refractivity contribution in [1.29, 1.82) is 0 Å². The van der Waals surface area contributed by atoms with Crippen molar-refractivity contribution in [3.63, 3.8) is 0 Å². The van der Waals surface area contributed by atoms with E-state index < -0.39 is 0 Å². The number of aliphatic hydroxyl groups is 1. The Balaban J connectivity index is 2.08. The lowest BCUT2D eigenvalue weighted by Crippen LogP contribution is -2.55. The molecule has 2 nitrogen and oxygen atoms in total. The quantitative estimate of drug-likeness (QED) is 0.757. The molecule has 0 radical (unpaired) electrons. The monoisotopic (exact) mass is 225 g/mol. The van der Waals surface area contributed by atoms with Gasteiger partial charge in [-0.3, -0.25) is 0 Å². The fourth-order valence-corrected chi connectivity index (χ4v) is 3.87. The molecular formula is C14H27NO. The normalized spacial score (nSPS) is 45.6. The van der Waals surface area contributed by atoms with Crippen LogP contribution in [0.5, 0.6) is 0 Å². The minimum Gasteiger partial charge on any atom is -0.389 e. The van der Waals surface area contributed by atoms with Gasteiger partial charge in [-0.2, -0.15) is 0 Å². The first kappa shape index (κ1) is 12.4. The maximum absolute atomic E-state index is 11.0. The number of hydrogen-bond donors (Lipinski definition) is 2. The molecule has 4 unspecified atom stereocenters. The van der Waals surface area contributed by atoms with Gasteiger partial charge in [0.25, 0.3) is 0 Å². The van der Waals surface area contributed by atoms with Crippen LogP contribution in [0.2, 0.25) is 0 Å². The summed E-state index contributed by atoms with van der Waals surface area (Å²) in [6.45, 7) is 6.57. The summed E-state index contributed by atoms with van der Waals surface area (Å²) in [4.78, 5) is 0. The summed E-state index contributed by atoms with van der Waals surface area (Å²) in [7, 11) is 0. The third kappa shape index (κ3) is 2.28. The zero-order chi connectivity index (χ0) is 11.6. The van der Waals surface area contributed by atoms with Crippen molar-refractivity contribution in [1.82, 2.24) is 5.32 Å². The molecule has 1 heterocycles. The average molecular weight is 225 g/mol. The summed E-state index contributed by atoms with van der Waals surface area (Å²) < 4.78 is 0. The minimum absolute atomic E-state index is 0.366. The van der Waals surface area contributed by atoms with E-state index in [1.165, 1.54) is 25.7 Å². The Hall–Kier alpha value is -0.0800. The standard InChI is InChI=1S/C14H27NO/c1-3-12-10-15-8-7-14(12,16)13-6-4-5-11(2)9-13/h11-13,15-16H,3-10H2,1-2H3. The van der Waals surface area contributed by atoms with Gasteiger partial charge in [0.1, 0.15) is 0 Å². The van der Waals surface area contributed by atoms with Crippen LogP contribution in [0.1, 0.15) is 52.4 Å². The van der Waals surface area contributed by atoms with Crippen LogP contribution in [0, 0.1) is 17.8 Å². The summed E-state index contributed by atoms with van der Waals surface area (Å²) in [6.07, 6.45) is 7.24. The molecule has 0 aromatic heterocycles. The van der Waals surface area contributed by atoms with Gasteiger partial charge in [0.2, 0.25) is 0 Å². The Morgan fingerprint density at radius 1 is 1.38 bits per heavy atom. The molecule has 1 saturated carbocycles. The Bertz CT molecular complexity index is 231. The Morgan fingerprint density at radius 2 is 2.19 bits per heavy atom. The fraction of sp³-hybridized carbons (Fsp3) is 1.00.